The Morgan fingerprint density at radius 3 is 3.11 bits per heavy atom. The highest BCUT2D eigenvalue weighted by atomic mass is 32.2. The summed E-state index contributed by atoms with van der Waals surface area (Å²) in [5.41, 5.74) is 6.27. The molecule has 0 aliphatic carbocycles. The van der Waals surface area contributed by atoms with Crippen molar-refractivity contribution in [3.63, 3.8) is 0 Å². The molecule has 0 aliphatic rings. The Morgan fingerprint density at radius 2 is 2.39 bits per heavy atom. The molecule has 0 bridgehead atoms. The number of aliphatic hydroxyl groups is 1. The first-order valence-electron chi connectivity index (χ1n) is 5.30. The molecule has 0 radical (unpaired) electrons. The molecule has 96 valence electrons. The smallest absolute Gasteiger partial charge is 0.169 e. The zero-order valence-corrected chi connectivity index (χ0v) is 11.2. The van der Waals surface area contributed by atoms with Crippen molar-refractivity contribution in [1.29, 1.82) is 0 Å². The highest BCUT2D eigenvalue weighted by Gasteiger charge is 2.08. The van der Waals surface area contributed by atoms with Crippen LogP contribution >= 0.6 is 23.3 Å². The number of rotatable bonds is 6. The Kier molecular flexibility index (Phi) is 4.80. The van der Waals surface area contributed by atoms with Gasteiger partial charge >= 0.3 is 0 Å². The van der Waals surface area contributed by atoms with Gasteiger partial charge in [-0.1, -0.05) is 17.8 Å². The van der Waals surface area contributed by atoms with Gasteiger partial charge in [-0.15, -0.1) is 0 Å². The van der Waals surface area contributed by atoms with Crippen molar-refractivity contribution in [2.45, 2.75) is 10.4 Å². The first-order valence-corrected chi connectivity index (χ1v) is 7.06. The van der Waals surface area contributed by atoms with E-state index in [0.717, 1.165) is 4.34 Å². The minimum Gasteiger partial charge on any atom is -0.491 e. The fourth-order valence-electron chi connectivity index (χ4n) is 1.24. The van der Waals surface area contributed by atoms with E-state index in [0.29, 0.717) is 17.2 Å². The van der Waals surface area contributed by atoms with E-state index in [1.807, 2.05) is 6.07 Å². The molecule has 0 fully saturated rings. The van der Waals surface area contributed by atoms with Gasteiger partial charge in [0.05, 0.1) is 6.10 Å². The number of nitrogens with two attached hydrogens (primary N) is 1. The van der Waals surface area contributed by atoms with E-state index in [-0.39, 0.29) is 6.61 Å². The van der Waals surface area contributed by atoms with Gasteiger partial charge in [-0.3, -0.25) is 0 Å². The van der Waals surface area contributed by atoms with Gasteiger partial charge < -0.3 is 15.6 Å². The first-order chi connectivity index (χ1) is 8.74. The summed E-state index contributed by atoms with van der Waals surface area (Å²) in [7, 11) is 0. The molecule has 1 atom stereocenters. The topological polar surface area (TPSA) is 81.3 Å². The van der Waals surface area contributed by atoms with Gasteiger partial charge in [0.15, 0.2) is 4.34 Å². The van der Waals surface area contributed by atoms with E-state index in [9.17, 15) is 5.11 Å². The number of nitrogens with zero attached hydrogens (tertiary/aromatic N) is 2. The van der Waals surface area contributed by atoms with Gasteiger partial charge in [0.1, 0.15) is 18.7 Å². The lowest BCUT2D eigenvalue weighted by atomic mass is 10.3. The molecule has 1 unspecified atom stereocenters. The Balaban J connectivity index is 1.73. The van der Waals surface area contributed by atoms with Crippen LogP contribution < -0.4 is 10.5 Å². The van der Waals surface area contributed by atoms with Gasteiger partial charge in [-0.25, -0.2) is 4.98 Å². The predicted octanol–water partition coefficient (Wildman–Crippen LogP) is 1.65. The normalized spacial score (nSPS) is 12.3. The lowest BCUT2D eigenvalue weighted by molar-refractivity contribution is 0.126. The molecule has 1 heterocycles. The predicted molar refractivity (Wildman–Crippen MR) is 73.0 cm³/mol. The van der Waals surface area contributed by atoms with E-state index in [4.69, 9.17) is 10.5 Å². The maximum Gasteiger partial charge on any atom is 0.169 e. The largest absolute Gasteiger partial charge is 0.491 e. The molecule has 0 amide bonds. The molecule has 7 heteroatoms. The maximum absolute atomic E-state index is 9.76. The van der Waals surface area contributed by atoms with Gasteiger partial charge in [0, 0.05) is 17.5 Å². The molecular formula is C11H13N3O2S2. The summed E-state index contributed by atoms with van der Waals surface area (Å²) in [6.07, 6.45) is 0.947. The van der Waals surface area contributed by atoms with Crippen molar-refractivity contribution in [2.75, 3.05) is 18.1 Å². The Hall–Kier alpha value is -1.31. The van der Waals surface area contributed by atoms with Crippen molar-refractivity contribution >= 4 is 29.0 Å². The van der Waals surface area contributed by atoms with Crippen LogP contribution in [0.1, 0.15) is 0 Å². The average Bonchev–Trinajstić information content (AvgIpc) is 2.87. The van der Waals surface area contributed by atoms with Crippen LogP contribution in [0.5, 0.6) is 5.75 Å². The number of hydrogen-bond donors (Lipinski definition) is 2. The van der Waals surface area contributed by atoms with Crippen LogP contribution in [-0.2, 0) is 0 Å². The van der Waals surface area contributed by atoms with Crippen LogP contribution in [0.15, 0.2) is 34.9 Å². The van der Waals surface area contributed by atoms with E-state index >= 15 is 0 Å². The highest BCUT2D eigenvalue weighted by Crippen LogP contribution is 2.20. The monoisotopic (exact) mass is 283 g/mol. The van der Waals surface area contributed by atoms with E-state index in [2.05, 4.69) is 9.36 Å². The number of benzene rings is 1. The molecule has 0 saturated heterocycles. The van der Waals surface area contributed by atoms with Crippen LogP contribution in [0.3, 0.4) is 0 Å². The zero-order valence-electron chi connectivity index (χ0n) is 9.52. The van der Waals surface area contributed by atoms with Gasteiger partial charge in [0.2, 0.25) is 0 Å². The molecule has 18 heavy (non-hydrogen) atoms. The van der Waals surface area contributed by atoms with Gasteiger partial charge in [0.25, 0.3) is 0 Å². The van der Waals surface area contributed by atoms with Crippen LogP contribution in [0, 0.1) is 0 Å². The van der Waals surface area contributed by atoms with Crippen molar-refractivity contribution in [1.82, 2.24) is 9.36 Å². The maximum atomic E-state index is 9.76. The second-order valence-corrected chi connectivity index (χ2v) is 5.60. The SMILES string of the molecule is Nc1cccc(OCC(O)CSc2ncns2)c1. The van der Waals surface area contributed by atoms with Crippen LogP contribution in [-0.4, -0.2) is 32.9 Å². The number of aliphatic hydroxyl groups excluding tert-OH is 1. The lowest BCUT2D eigenvalue weighted by Crippen LogP contribution is -2.20. The van der Waals surface area contributed by atoms with Gasteiger partial charge in [-0.05, 0) is 23.7 Å². The number of anilines is 1. The molecule has 1 aromatic heterocycles. The van der Waals surface area contributed by atoms with Crippen molar-refractivity contribution in [2.24, 2.45) is 0 Å². The number of nitrogen functional groups attached to an aromatic ring is 1. The third kappa shape index (κ3) is 4.17. The minimum atomic E-state index is -0.555. The third-order valence-corrected chi connectivity index (χ3v) is 3.98. The molecule has 3 N–H and O–H groups in total. The molecule has 1 aromatic carbocycles. The number of ether oxygens (including phenoxy) is 1. The molecule has 0 saturated carbocycles. The molecule has 2 aromatic rings. The molecule has 0 aliphatic heterocycles. The molecule has 0 spiro atoms. The standard InChI is InChI=1S/C11H13N3O2S2/c12-8-2-1-3-10(4-8)16-5-9(15)6-17-11-13-7-14-18-11/h1-4,7,9,15H,5-6,12H2. The average molecular weight is 283 g/mol. The van der Waals surface area contributed by atoms with Crippen LogP contribution in [0.25, 0.3) is 0 Å². The summed E-state index contributed by atoms with van der Waals surface area (Å²) in [6.45, 7) is 0.231. The number of hydrogen-bond acceptors (Lipinski definition) is 7. The molecular weight excluding hydrogens is 270 g/mol. The van der Waals surface area contributed by atoms with Crippen molar-refractivity contribution in [3.05, 3.63) is 30.6 Å². The summed E-state index contributed by atoms with van der Waals surface area (Å²) < 4.78 is 10.2. The first kappa shape index (κ1) is 13.1. The lowest BCUT2D eigenvalue weighted by Gasteiger charge is -2.11. The third-order valence-electron chi connectivity index (χ3n) is 2.04. The zero-order chi connectivity index (χ0) is 12.8. The van der Waals surface area contributed by atoms with E-state index in [1.165, 1.54) is 29.6 Å². The van der Waals surface area contributed by atoms with E-state index in [1.54, 1.807) is 18.2 Å². The fourth-order valence-corrected chi connectivity index (χ4v) is 2.61. The molecule has 5 nitrogen and oxygen atoms in total. The fraction of sp³-hybridized carbons (Fsp3) is 0.273. The number of thioether (sulfide) groups is 1. The van der Waals surface area contributed by atoms with Crippen LogP contribution in [0.4, 0.5) is 5.69 Å². The second-order valence-electron chi connectivity index (χ2n) is 3.56. The second kappa shape index (κ2) is 6.58. The quantitative estimate of drug-likeness (QED) is 0.620. The van der Waals surface area contributed by atoms with Crippen molar-refractivity contribution in [3.8, 4) is 5.75 Å². The summed E-state index contributed by atoms with van der Waals surface area (Å²) in [5, 5.41) is 9.76. The van der Waals surface area contributed by atoms with Gasteiger partial charge in [-0.2, -0.15) is 4.37 Å². The van der Waals surface area contributed by atoms with E-state index < -0.39 is 6.10 Å². The summed E-state index contributed by atoms with van der Waals surface area (Å²) in [6, 6.07) is 7.13. The summed E-state index contributed by atoms with van der Waals surface area (Å²) in [5.74, 6) is 1.19. The number of aromatic nitrogens is 2. The van der Waals surface area contributed by atoms with Crippen molar-refractivity contribution < 1.29 is 9.84 Å². The Labute approximate surface area is 113 Å². The Bertz CT molecular complexity index is 479. The van der Waals surface area contributed by atoms with Crippen LogP contribution in [0.2, 0.25) is 0 Å². The highest BCUT2D eigenvalue weighted by molar-refractivity contribution is 8.00. The summed E-state index contributed by atoms with van der Waals surface area (Å²) >= 11 is 2.78. The Morgan fingerprint density at radius 1 is 1.50 bits per heavy atom. The summed E-state index contributed by atoms with van der Waals surface area (Å²) in [4.78, 5) is 4.02. The minimum absolute atomic E-state index is 0.231. The molecule has 2 rings (SSSR count).